The molecule has 0 unspecified atom stereocenters. The highest BCUT2D eigenvalue weighted by atomic mass is 35.5. The van der Waals surface area contributed by atoms with Gasteiger partial charge in [0.2, 0.25) is 0 Å². The van der Waals surface area contributed by atoms with E-state index >= 15 is 0 Å². The van der Waals surface area contributed by atoms with Crippen molar-refractivity contribution in [2.75, 3.05) is 6.54 Å². The Morgan fingerprint density at radius 3 is 2.59 bits per heavy atom. The zero-order valence-electron chi connectivity index (χ0n) is 12.3. The molecule has 1 aromatic rings. The minimum absolute atomic E-state index is 0.145. The average Bonchev–Trinajstić information content (AvgIpc) is 2.54. The number of hydrogen-bond donors (Lipinski definition) is 2. The van der Waals surface area contributed by atoms with Crippen molar-refractivity contribution >= 4 is 17.6 Å². The molecule has 1 aromatic carbocycles. The third-order valence-electron chi connectivity index (χ3n) is 3.95. The molecule has 2 N–H and O–H groups in total. The van der Waals surface area contributed by atoms with Crippen LogP contribution in [0.5, 0.6) is 0 Å². The van der Waals surface area contributed by atoms with Gasteiger partial charge in [-0.05, 0) is 54.8 Å². The molecular formula is C15H20ClN5O. The second-order valence-electron chi connectivity index (χ2n) is 5.58. The number of benzene rings is 1. The van der Waals surface area contributed by atoms with E-state index in [4.69, 9.17) is 17.1 Å². The molecule has 0 radical (unpaired) electrons. The zero-order valence-corrected chi connectivity index (χ0v) is 13.1. The molecule has 1 aliphatic rings. The SMILES string of the molecule is [N-]=[N+]=NCC1CCC(NC(=O)NCc2ccc(Cl)cc2)CC1. The number of nitrogens with zero attached hydrogens (tertiary/aromatic N) is 3. The van der Waals surface area contributed by atoms with E-state index in [9.17, 15) is 4.79 Å². The Morgan fingerprint density at radius 2 is 1.95 bits per heavy atom. The summed E-state index contributed by atoms with van der Waals surface area (Å²) >= 11 is 5.82. The number of rotatable bonds is 5. The molecule has 22 heavy (non-hydrogen) atoms. The van der Waals surface area contributed by atoms with Gasteiger partial charge in [-0.2, -0.15) is 0 Å². The van der Waals surface area contributed by atoms with Gasteiger partial charge in [0.1, 0.15) is 0 Å². The van der Waals surface area contributed by atoms with Crippen LogP contribution in [0.2, 0.25) is 5.02 Å². The van der Waals surface area contributed by atoms with Crippen LogP contribution < -0.4 is 10.6 Å². The monoisotopic (exact) mass is 321 g/mol. The van der Waals surface area contributed by atoms with Crippen molar-refractivity contribution in [2.24, 2.45) is 11.0 Å². The van der Waals surface area contributed by atoms with Crippen LogP contribution in [0.3, 0.4) is 0 Å². The van der Waals surface area contributed by atoms with Gasteiger partial charge < -0.3 is 10.6 Å². The maximum atomic E-state index is 11.9. The van der Waals surface area contributed by atoms with Gasteiger partial charge in [0.25, 0.3) is 0 Å². The summed E-state index contributed by atoms with van der Waals surface area (Å²) < 4.78 is 0. The molecule has 7 heteroatoms. The first-order valence-electron chi connectivity index (χ1n) is 7.47. The normalized spacial score (nSPS) is 20.8. The first-order chi connectivity index (χ1) is 10.7. The fourth-order valence-corrected chi connectivity index (χ4v) is 2.79. The number of carbonyl (C=O) groups is 1. The Hall–Kier alpha value is -1.91. The molecule has 0 bridgehead atoms. The van der Waals surface area contributed by atoms with E-state index < -0.39 is 0 Å². The summed E-state index contributed by atoms with van der Waals surface area (Å²) in [5, 5.41) is 10.2. The highest BCUT2D eigenvalue weighted by molar-refractivity contribution is 6.30. The first kappa shape index (κ1) is 16.5. The molecule has 0 aliphatic heterocycles. The van der Waals surface area contributed by atoms with Gasteiger partial charge in [-0.15, -0.1) is 0 Å². The molecule has 2 amide bonds. The van der Waals surface area contributed by atoms with Crippen LogP contribution in [0.15, 0.2) is 29.4 Å². The predicted molar refractivity (Wildman–Crippen MR) is 86.6 cm³/mol. The number of hydrogen-bond acceptors (Lipinski definition) is 2. The number of amides is 2. The van der Waals surface area contributed by atoms with Gasteiger partial charge in [-0.3, -0.25) is 0 Å². The second-order valence-corrected chi connectivity index (χ2v) is 6.02. The fourth-order valence-electron chi connectivity index (χ4n) is 2.66. The minimum atomic E-state index is -0.145. The van der Waals surface area contributed by atoms with Crippen LogP contribution in [0.1, 0.15) is 31.2 Å². The molecular weight excluding hydrogens is 302 g/mol. The largest absolute Gasteiger partial charge is 0.335 e. The van der Waals surface area contributed by atoms with E-state index in [1.165, 1.54) is 0 Å². The van der Waals surface area contributed by atoms with Gasteiger partial charge in [-0.25, -0.2) is 4.79 Å². The maximum Gasteiger partial charge on any atom is 0.315 e. The Bertz CT molecular complexity index is 533. The highest BCUT2D eigenvalue weighted by Gasteiger charge is 2.21. The van der Waals surface area contributed by atoms with Crippen molar-refractivity contribution in [3.8, 4) is 0 Å². The Morgan fingerprint density at radius 1 is 1.27 bits per heavy atom. The summed E-state index contributed by atoms with van der Waals surface area (Å²) in [6.45, 7) is 1.04. The van der Waals surface area contributed by atoms with Crippen LogP contribution in [-0.2, 0) is 6.54 Å². The van der Waals surface area contributed by atoms with Crippen molar-refractivity contribution in [3.63, 3.8) is 0 Å². The molecule has 0 saturated heterocycles. The second kappa shape index (κ2) is 8.51. The zero-order chi connectivity index (χ0) is 15.8. The Kier molecular flexibility index (Phi) is 6.37. The predicted octanol–water partition coefficient (Wildman–Crippen LogP) is 4.01. The maximum absolute atomic E-state index is 11.9. The molecule has 0 aromatic heterocycles. The van der Waals surface area contributed by atoms with E-state index in [-0.39, 0.29) is 12.1 Å². The molecule has 0 spiro atoms. The van der Waals surface area contributed by atoms with E-state index in [2.05, 4.69) is 20.7 Å². The number of halogens is 1. The van der Waals surface area contributed by atoms with E-state index in [1.807, 2.05) is 24.3 Å². The molecule has 1 fully saturated rings. The van der Waals surface area contributed by atoms with Crippen molar-refractivity contribution in [1.29, 1.82) is 0 Å². The molecule has 1 aliphatic carbocycles. The van der Waals surface area contributed by atoms with E-state index in [0.29, 0.717) is 24.0 Å². The summed E-state index contributed by atoms with van der Waals surface area (Å²) in [6, 6.07) is 7.46. The van der Waals surface area contributed by atoms with Crippen molar-refractivity contribution in [1.82, 2.24) is 10.6 Å². The molecule has 0 heterocycles. The lowest BCUT2D eigenvalue weighted by molar-refractivity contribution is 0.227. The molecule has 2 rings (SSSR count). The summed E-state index contributed by atoms with van der Waals surface area (Å²) in [5.41, 5.74) is 9.33. The fraction of sp³-hybridized carbons (Fsp3) is 0.533. The number of urea groups is 1. The quantitative estimate of drug-likeness (QED) is 0.479. The molecule has 1 saturated carbocycles. The van der Waals surface area contributed by atoms with Gasteiger partial charge >= 0.3 is 6.03 Å². The van der Waals surface area contributed by atoms with Gasteiger partial charge in [0.05, 0.1) is 0 Å². The van der Waals surface area contributed by atoms with E-state index in [1.54, 1.807) is 0 Å². The Labute approximate surface area is 134 Å². The minimum Gasteiger partial charge on any atom is -0.335 e. The lowest BCUT2D eigenvalue weighted by Crippen LogP contribution is -2.43. The first-order valence-corrected chi connectivity index (χ1v) is 7.85. The average molecular weight is 322 g/mol. The highest BCUT2D eigenvalue weighted by Crippen LogP contribution is 2.24. The van der Waals surface area contributed by atoms with Gasteiger partial charge in [0.15, 0.2) is 0 Å². The van der Waals surface area contributed by atoms with Crippen molar-refractivity contribution in [3.05, 3.63) is 45.3 Å². The van der Waals surface area contributed by atoms with Crippen LogP contribution in [0, 0.1) is 5.92 Å². The summed E-state index contributed by atoms with van der Waals surface area (Å²) in [7, 11) is 0. The van der Waals surface area contributed by atoms with Crippen LogP contribution in [-0.4, -0.2) is 18.6 Å². The third-order valence-corrected chi connectivity index (χ3v) is 4.20. The molecule has 6 nitrogen and oxygen atoms in total. The van der Waals surface area contributed by atoms with Gasteiger partial charge in [-0.1, -0.05) is 28.8 Å². The van der Waals surface area contributed by atoms with Crippen molar-refractivity contribution in [2.45, 2.75) is 38.3 Å². The number of azide groups is 1. The lowest BCUT2D eigenvalue weighted by Gasteiger charge is -2.28. The molecule has 0 atom stereocenters. The van der Waals surface area contributed by atoms with E-state index in [0.717, 1.165) is 31.2 Å². The summed E-state index contributed by atoms with van der Waals surface area (Å²) in [4.78, 5) is 14.7. The smallest absolute Gasteiger partial charge is 0.315 e. The van der Waals surface area contributed by atoms with Crippen LogP contribution in [0.25, 0.3) is 10.4 Å². The van der Waals surface area contributed by atoms with Crippen LogP contribution >= 0.6 is 11.6 Å². The summed E-state index contributed by atoms with van der Waals surface area (Å²) in [5.74, 6) is 0.450. The Balaban J connectivity index is 1.67. The van der Waals surface area contributed by atoms with Crippen molar-refractivity contribution < 1.29 is 4.79 Å². The standard InChI is InChI=1S/C15H20ClN5O/c16-13-5-1-11(2-6-13)9-18-15(22)20-14-7-3-12(4-8-14)10-19-21-17/h1-2,5-6,12,14H,3-4,7-10H2,(H2,18,20,22). The van der Waals surface area contributed by atoms with Gasteiger partial charge in [0, 0.05) is 29.1 Å². The third kappa shape index (κ3) is 5.47. The van der Waals surface area contributed by atoms with Crippen LogP contribution in [0.4, 0.5) is 4.79 Å². The topological polar surface area (TPSA) is 89.9 Å². The molecule has 118 valence electrons. The number of nitrogens with one attached hydrogen (secondary N) is 2. The lowest BCUT2D eigenvalue weighted by atomic mass is 9.86. The number of carbonyl (C=O) groups excluding carboxylic acids is 1. The summed E-state index contributed by atoms with van der Waals surface area (Å²) in [6.07, 6.45) is 3.84.